The largest absolute Gasteiger partial charge is 0.358 e. The normalized spacial score (nSPS) is 16.2. The Morgan fingerprint density at radius 1 is 1.40 bits per heavy atom. The van der Waals surface area contributed by atoms with E-state index in [1.807, 2.05) is 20.0 Å². The van der Waals surface area contributed by atoms with E-state index in [9.17, 15) is 0 Å². The summed E-state index contributed by atoms with van der Waals surface area (Å²) in [6, 6.07) is 0. The number of anilines is 1. The van der Waals surface area contributed by atoms with Crippen LogP contribution >= 0.6 is 0 Å². The molecule has 3 nitrogen and oxygen atoms in total. The smallest absolute Gasteiger partial charge is 0.150 e. The predicted octanol–water partition coefficient (Wildman–Crippen LogP) is 2.33. The van der Waals surface area contributed by atoms with Crippen LogP contribution in [0.1, 0.15) is 30.7 Å². The molecule has 0 aliphatic heterocycles. The summed E-state index contributed by atoms with van der Waals surface area (Å²) in [6.07, 6.45) is 5.98. The quantitative estimate of drug-likeness (QED) is 0.758. The summed E-state index contributed by atoms with van der Waals surface area (Å²) < 4.78 is 0. The number of hydrogen-bond donors (Lipinski definition) is 0. The van der Waals surface area contributed by atoms with Gasteiger partial charge in [0.05, 0.1) is 11.4 Å². The second-order valence-electron chi connectivity index (χ2n) is 4.60. The van der Waals surface area contributed by atoms with Gasteiger partial charge in [0.25, 0.3) is 0 Å². The van der Waals surface area contributed by atoms with Crippen LogP contribution in [0.25, 0.3) is 0 Å². The minimum atomic E-state index is 0.872. The highest BCUT2D eigenvalue weighted by Crippen LogP contribution is 2.28. The summed E-state index contributed by atoms with van der Waals surface area (Å²) in [5.74, 6) is 1.92. The van der Waals surface area contributed by atoms with Gasteiger partial charge in [0.15, 0.2) is 0 Å². The fourth-order valence-corrected chi connectivity index (χ4v) is 2.04. The summed E-state index contributed by atoms with van der Waals surface area (Å²) in [5, 5.41) is 0. The molecule has 0 amide bonds. The Morgan fingerprint density at radius 2 is 2.13 bits per heavy atom. The van der Waals surface area contributed by atoms with Crippen molar-refractivity contribution < 1.29 is 0 Å². The summed E-state index contributed by atoms with van der Waals surface area (Å²) in [6.45, 7) is 5.14. The molecule has 0 bridgehead atoms. The van der Waals surface area contributed by atoms with Crippen molar-refractivity contribution in [2.45, 2.75) is 33.1 Å². The van der Waals surface area contributed by atoms with E-state index in [2.05, 4.69) is 21.9 Å². The maximum absolute atomic E-state index is 4.55. The van der Waals surface area contributed by atoms with Crippen LogP contribution in [0.15, 0.2) is 6.20 Å². The molecule has 0 N–H and O–H groups in total. The Labute approximate surface area is 91.5 Å². The van der Waals surface area contributed by atoms with Crippen molar-refractivity contribution in [3.63, 3.8) is 0 Å². The maximum atomic E-state index is 4.55. The molecule has 3 heteroatoms. The molecule has 0 radical (unpaired) electrons. The molecule has 1 fully saturated rings. The van der Waals surface area contributed by atoms with Gasteiger partial charge in [-0.2, -0.15) is 0 Å². The second kappa shape index (κ2) is 4.17. The van der Waals surface area contributed by atoms with Gasteiger partial charge in [-0.1, -0.05) is 6.42 Å². The van der Waals surface area contributed by atoms with Crippen LogP contribution in [-0.4, -0.2) is 23.6 Å². The average molecular weight is 205 g/mol. The molecule has 1 aromatic rings. The van der Waals surface area contributed by atoms with Crippen molar-refractivity contribution >= 4 is 5.82 Å². The third-order valence-corrected chi connectivity index (χ3v) is 3.17. The molecule has 1 heterocycles. The lowest BCUT2D eigenvalue weighted by atomic mass is 9.85. The molecule has 1 aliphatic carbocycles. The van der Waals surface area contributed by atoms with Gasteiger partial charge < -0.3 is 4.90 Å². The van der Waals surface area contributed by atoms with Crippen molar-refractivity contribution in [3.8, 4) is 0 Å². The highest BCUT2D eigenvalue weighted by atomic mass is 15.2. The molecule has 1 aromatic heterocycles. The number of aryl methyl sites for hydroxylation is 2. The molecule has 1 aliphatic rings. The molecule has 0 spiro atoms. The van der Waals surface area contributed by atoms with E-state index in [0.29, 0.717) is 0 Å². The summed E-state index contributed by atoms with van der Waals surface area (Å²) in [5.41, 5.74) is 2.03. The number of aromatic nitrogens is 2. The number of rotatable bonds is 3. The van der Waals surface area contributed by atoms with E-state index in [1.54, 1.807) is 0 Å². The topological polar surface area (TPSA) is 29.0 Å². The molecule has 15 heavy (non-hydrogen) atoms. The predicted molar refractivity (Wildman–Crippen MR) is 62.1 cm³/mol. The van der Waals surface area contributed by atoms with Gasteiger partial charge in [0, 0.05) is 19.8 Å². The van der Waals surface area contributed by atoms with Gasteiger partial charge in [-0.15, -0.1) is 0 Å². The lowest BCUT2D eigenvalue weighted by Gasteiger charge is -2.31. The van der Waals surface area contributed by atoms with Crippen LogP contribution in [0.5, 0.6) is 0 Å². The monoisotopic (exact) mass is 205 g/mol. The van der Waals surface area contributed by atoms with Crippen LogP contribution in [0.3, 0.4) is 0 Å². The number of hydrogen-bond acceptors (Lipinski definition) is 3. The highest BCUT2D eigenvalue weighted by molar-refractivity contribution is 5.42. The fourth-order valence-electron chi connectivity index (χ4n) is 2.04. The van der Waals surface area contributed by atoms with Gasteiger partial charge >= 0.3 is 0 Å². The lowest BCUT2D eigenvalue weighted by Crippen LogP contribution is -2.30. The van der Waals surface area contributed by atoms with E-state index in [1.165, 1.54) is 19.3 Å². The van der Waals surface area contributed by atoms with Crippen LogP contribution in [-0.2, 0) is 0 Å². The van der Waals surface area contributed by atoms with Gasteiger partial charge in [0.1, 0.15) is 5.82 Å². The first-order valence-corrected chi connectivity index (χ1v) is 5.68. The summed E-state index contributed by atoms with van der Waals surface area (Å²) in [4.78, 5) is 11.1. The van der Waals surface area contributed by atoms with E-state index >= 15 is 0 Å². The molecule has 2 rings (SSSR count). The third kappa shape index (κ3) is 2.28. The van der Waals surface area contributed by atoms with Crippen LogP contribution in [0.4, 0.5) is 5.82 Å². The van der Waals surface area contributed by atoms with Crippen molar-refractivity contribution in [3.05, 3.63) is 17.6 Å². The highest BCUT2D eigenvalue weighted by Gasteiger charge is 2.20. The summed E-state index contributed by atoms with van der Waals surface area (Å²) >= 11 is 0. The zero-order chi connectivity index (χ0) is 10.8. The Balaban J connectivity index is 2.09. The molecule has 0 saturated heterocycles. The van der Waals surface area contributed by atoms with Crippen LogP contribution in [0, 0.1) is 19.8 Å². The Hall–Kier alpha value is -1.12. The molecule has 1 saturated carbocycles. The second-order valence-corrected chi connectivity index (χ2v) is 4.60. The van der Waals surface area contributed by atoms with Crippen LogP contribution < -0.4 is 4.90 Å². The standard InChI is InChI=1S/C12H19N3/c1-9-7-13-10(2)12(14-9)15(3)8-11-5-4-6-11/h7,11H,4-6,8H2,1-3H3. The summed E-state index contributed by atoms with van der Waals surface area (Å²) in [7, 11) is 2.12. The van der Waals surface area contributed by atoms with E-state index in [0.717, 1.165) is 29.7 Å². The third-order valence-electron chi connectivity index (χ3n) is 3.17. The molecule has 0 unspecified atom stereocenters. The first-order chi connectivity index (χ1) is 7.16. The SMILES string of the molecule is Cc1cnc(C)c(N(C)CC2CCC2)n1. The van der Waals surface area contributed by atoms with Gasteiger partial charge in [-0.25, -0.2) is 4.98 Å². The lowest BCUT2D eigenvalue weighted by molar-refractivity contribution is 0.321. The first-order valence-electron chi connectivity index (χ1n) is 5.68. The van der Waals surface area contributed by atoms with E-state index < -0.39 is 0 Å². The van der Waals surface area contributed by atoms with Gasteiger partial charge in [-0.05, 0) is 32.6 Å². The van der Waals surface area contributed by atoms with Crippen molar-refractivity contribution in [1.29, 1.82) is 0 Å². The minimum absolute atomic E-state index is 0.872. The van der Waals surface area contributed by atoms with Gasteiger partial charge in [-0.3, -0.25) is 4.98 Å². The zero-order valence-corrected chi connectivity index (χ0v) is 9.82. The fraction of sp³-hybridized carbons (Fsp3) is 0.667. The molecular weight excluding hydrogens is 186 g/mol. The Morgan fingerprint density at radius 3 is 2.73 bits per heavy atom. The Kier molecular flexibility index (Phi) is 2.89. The van der Waals surface area contributed by atoms with Crippen molar-refractivity contribution in [2.24, 2.45) is 5.92 Å². The average Bonchev–Trinajstić information content (AvgIpc) is 2.15. The molecule has 0 atom stereocenters. The number of nitrogens with zero attached hydrogens (tertiary/aromatic N) is 3. The van der Waals surface area contributed by atoms with E-state index in [4.69, 9.17) is 0 Å². The zero-order valence-electron chi connectivity index (χ0n) is 9.82. The van der Waals surface area contributed by atoms with Crippen molar-refractivity contribution in [2.75, 3.05) is 18.5 Å². The van der Waals surface area contributed by atoms with Crippen molar-refractivity contribution in [1.82, 2.24) is 9.97 Å². The van der Waals surface area contributed by atoms with Crippen LogP contribution in [0.2, 0.25) is 0 Å². The van der Waals surface area contributed by atoms with E-state index in [-0.39, 0.29) is 0 Å². The molecular formula is C12H19N3. The first kappa shape index (κ1) is 10.4. The minimum Gasteiger partial charge on any atom is -0.358 e. The maximum Gasteiger partial charge on any atom is 0.150 e. The Bertz CT molecular complexity index is 345. The van der Waals surface area contributed by atoms with Gasteiger partial charge in [0.2, 0.25) is 0 Å². The molecule has 82 valence electrons. The molecule has 0 aromatic carbocycles.